The third kappa shape index (κ3) is 1.13. The van der Waals surface area contributed by atoms with Gasteiger partial charge < -0.3 is 4.57 Å². The predicted molar refractivity (Wildman–Crippen MR) is 75.7 cm³/mol. The van der Waals surface area contributed by atoms with Gasteiger partial charge in [0.25, 0.3) is 5.56 Å². The van der Waals surface area contributed by atoms with E-state index in [1.54, 1.807) is 13.1 Å². The second-order valence-electron chi connectivity index (χ2n) is 4.71. The summed E-state index contributed by atoms with van der Waals surface area (Å²) in [4.78, 5) is 20.9. The smallest absolute Gasteiger partial charge is 0.259 e. The summed E-state index contributed by atoms with van der Waals surface area (Å²) < 4.78 is 1.39. The van der Waals surface area contributed by atoms with E-state index in [1.807, 2.05) is 18.2 Å². The lowest BCUT2D eigenvalue weighted by molar-refractivity contribution is 0.862. The third-order valence-electron chi connectivity index (χ3n) is 3.74. The molecule has 0 fully saturated rings. The Morgan fingerprint density at radius 2 is 1.70 bits per heavy atom. The first-order chi connectivity index (χ1) is 9.72. The fourth-order valence-corrected chi connectivity index (χ4v) is 2.80. The molecule has 94 valence electrons. The highest BCUT2D eigenvalue weighted by atomic mass is 16.1. The van der Waals surface area contributed by atoms with Crippen molar-refractivity contribution in [1.29, 1.82) is 5.26 Å². The van der Waals surface area contributed by atoms with E-state index in [2.05, 4.69) is 16.0 Å². The molecule has 5 heteroatoms. The minimum absolute atomic E-state index is 0.174. The third-order valence-corrected chi connectivity index (χ3v) is 3.74. The Kier molecular flexibility index (Phi) is 1.91. The van der Waals surface area contributed by atoms with E-state index >= 15 is 0 Å². The highest BCUT2D eigenvalue weighted by molar-refractivity contribution is 6.21. The molecule has 0 aliphatic heterocycles. The van der Waals surface area contributed by atoms with Crippen LogP contribution in [-0.4, -0.2) is 14.5 Å². The lowest BCUT2D eigenvalue weighted by Gasteiger charge is -2.12. The van der Waals surface area contributed by atoms with Crippen molar-refractivity contribution in [3.05, 3.63) is 46.6 Å². The maximum atomic E-state index is 12.4. The zero-order valence-electron chi connectivity index (χ0n) is 10.6. The van der Waals surface area contributed by atoms with Gasteiger partial charge in [0.1, 0.15) is 18.1 Å². The molecule has 2 heterocycles. The molecule has 20 heavy (non-hydrogen) atoms. The molecule has 2 aromatic carbocycles. The van der Waals surface area contributed by atoms with Gasteiger partial charge in [0.05, 0.1) is 11.0 Å². The van der Waals surface area contributed by atoms with Crippen LogP contribution in [0.25, 0.3) is 32.6 Å². The van der Waals surface area contributed by atoms with E-state index in [0.717, 1.165) is 27.2 Å². The van der Waals surface area contributed by atoms with Crippen LogP contribution in [-0.2, 0) is 7.05 Å². The molecule has 0 atom stereocenters. The minimum Gasteiger partial charge on any atom is -0.302 e. The van der Waals surface area contributed by atoms with Crippen LogP contribution in [0, 0.1) is 11.3 Å². The average molecular weight is 260 g/mol. The number of nitriles is 1. The molecule has 0 bridgehead atoms. The molecule has 0 saturated carbocycles. The van der Waals surface area contributed by atoms with Crippen molar-refractivity contribution in [2.75, 3.05) is 0 Å². The van der Waals surface area contributed by atoms with Crippen molar-refractivity contribution in [3.63, 3.8) is 0 Å². The molecular weight excluding hydrogens is 252 g/mol. The van der Waals surface area contributed by atoms with Gasteiger partial charge in [-0.3, -0.25) is 4.79 Å². The van der Waals surface area contributed by atoms with Gasteiger partial charge in [-0.15, -0.1) is 0 Å². The van der Waals surface area contributed by atoms with E-state index in [0.29, 0.717) is 11.1 Å². The van der Waals surface area contributed by atoms with Crippen molar-refractivity contribution in [1.82, 2.24) is 14.5 Å². The van der Waals surface area contributed by atoms with Crippen LogP contribution < -0.4 is 5.56 Å². The first-order valence-electron chi connectivity index (χ1n) is 6.11. The highest BCUT2D eigenvalue weighted by Gasteiger charge is 2.16. The van der Waals surface area contributed by atoms with Crippen LogP contribution in [0.15, 0.2) is 35.4 Å². The molecule has 0 amide bonds. The molecular formula is C15H8N4O. The SMILES string of the molecule is Cn1c(C#N)c2ccc3ncnc4ccc(c1=O)c2c34. The molecule has 0 aliphatic carbocycles. The first kappa shape index (κ1) is 10.9. The second-order valence-corrected chi connectivity index (χ2v) is 4.71. The van der Waals surface area contributed by atoms with E-state index in [-0.39, 0.29) is 5.56 Å². The summed E-state index contributed by atoms with van der Waals surface area (Å²) in [5, 5.41) is 12.3. The first-order valence-corrected chi connectivity index (χ1v) is 6.11. The lowest BCUT2D eigenvalue weighted by Crippen LogP contribution is -2.20. The second kappa shape index (κ2) is 3.52. The van der Waals surface area contributed by atoms with E-state index in [4.69, 9.17) is 0 Å². The molecule has 4 rings (SSSR count). The zero-order valence-corrected chi connectivity index (χ0v) is 10.6. The van der Waals surface area contributed by atoms with Crippen LogP contribution in [0.2, 0.25) is 0 Å². The Morgan fingerprint density at radius 3 is 2.35 bits per heavy atom. The fourth-order valence-electron chi connectivity index (χ4n) is 2.80. The molecule has 0 unspecified atom stereocenters. The van der Waals surface area contributed by atoms with Gasteiger partial charge in [0, 0.05) is 28.6 Å². The normalized spacial score (nSPS) is 11.4. The Hall–Kier alpha value is -3.00. The van der Waals surface area contributed by atoms with Crippen molar-refractivity contribution >= 4 is 32.6 Å². The lowest BCUT2D eigenvalue weighted by atomic mass is 9.98. The number of nitrogens with zero attached hydrogens (tertiary/aromatic N) is 4. The minimum atomic E-state index is -0.174. The maximum Gasteiger partial charge on any atom is 0.259 e. The quantitative estimate of drug-likeness (QED) is 0.453. The molecule has 5 nitrogen and oxygen atoms in total. The summed E-state index contributed by atoms with van der Waals surface area (Å²) in [5.74, 6) is 0. The van der Waals surface area contributed by atoms with Gasteiger partial charge >= 0.3 is 0 Å². The Labute approximate surface area is 113 Å². The largest absolute Gasteiger partial charge is 0.302 e. The zero-order chi connectivity index (χ0) is 13.9. The monoisotopic (exact) mass is 260 g/mol. The topological polar surface area (TPSA) is 71.6 Å². The molecule has 0 N–H and O–H groups in total. The van der Waals surface area contributed by atoms with E-state index < -0.39 is 0 Å². The Morgan fingerprint density at radius 1 is 1.05 bits per heavy atom. The Bertz CT molecular complexity index is 1070. The van der Waals surface area contributed by atoms with Crippen LogP contribution in [0.1, 0.15) is 5.69 Å². The molecule has 2 aromatic heterocycles. The summed E-state index contributed by atoms with van der Waals surface area (Å²) in [6.45, 7) is 0. The van der Waals surface area contributed by atoms with Crippen molar-refractivity contribution in [3.8, 4) is 6.07 Å². The molecule has 0 saturated heterocycles. The number of rotatable bonds is 0. The molecule has 4 aromatic rings. The summed E-state index contributed by atoms with van der Waals surface area (Å²) in [7, 11) is 1.62. The van der Waals surface area contributed by atoms with Gasteiger partial charge in [-0.2, -0.15) is 5.26 Å². The summed E-state index contributed by atoms with van der Waals surface area (Å²) >= 11 is 0. The highest BCUT2D eigenvalue weighted by Crippen LogP contribution is 2.32. The number of hydrogen-bond donors (Lipinski definition) is 0. The van der Waals surface area contributed by atoms with Gasteiger partial charge in [0.2, 0.25) is 0 Å². The number of benzene rings is 2. The van der Waals surface area contributed by atoms with Crippen molar-refractivity contribution < 1.29 is 0 Å². The average Bonchev–Trinajstić information content (AvgIpc) is 2.48. The van der Waals surface area contributed by atoms with E-state index in [1.165, 1.54) is 10.9 Å². The van der Waals surface area contributed by atoms with Gasteiger partial charge in [-0.25, -0.2) is 9.97 Å². The maximum absolute atomic E-state index is 12.4. The van der Waals surface area contributed by atoms with Crippen LogP contribution in [0.4, 0.5) is 0 Å². The van der Waals surface area contributed by atoms with Crippen LogP contribution >= 0.6 is 0 Å². The molecule has 0 radical (unpaired) electrons. The van der Waals surface area contributed by atoms with E-state index in [9.17, 15) is 10.1 Å². The standard InChI is InChI=1S/C15H8N4O/c1-19-12(6-16)8-2-4-10-14-11(18-7-17-10)5-3-9(13(8)14)15(19)20/h2-5,7H,1H3. The van der Waals surface area contributed by atoms with Crippen molar-refractivity contribution in [2.45, 2.75) is 0 Å². The summed E-state index contributed by atoms with van der Waals surface area (Å²) in [6.07, 6.45) is 1.51. The fraction of sp³-hybridized carbons (Fsp3) is 0.0667. The molecule has 0 spiro atoms. The molecule has 0 aliphatic rings. The Balaban J connectivity index is 2.51. The van der Waals surface area contributed by atoms with Crippen LogP contribution in [0.3, 0.4) is 0 Å². The summed E-state index contributed by atoms with van der Waals surface area (Å²) in [5.41, 5.74) is 1.75. The number of aromatic nitrogens is 3. The predicted octanol–water partition coefficient (Wildman–Crippen LogP) is 1.94. The van der Waals surface area contributed by atoms with Gasteiger partial charge in [-0.1, -0.05) is 0 Å². The summed E-state index contributed by atoms with van der Waals surface area (Å²) in [6, 6.07) is 9.40. The van der Waals surface area contributed by atoms with Gasteiger partial charge in [-0.05, 0) is 24.3 Å². The van der Waals surface area contributed by atoms with Crippen LogP contribution in [0.5, 0.6) is 0 Å². The number of pyridine rings is 1. The number of hydrogen-bond acceptors (Lipinski definition) is 4. The van der Waals surface area contributed by atoms with Crippen molar-refractivity contribution in [2.24, 2.45) is 7.05 Å². The van der Waals surface area contributed by atoms with Gasteiger partial charge in [0.15, 0.2) is 0 Å².